The summed E-state index contributed by atoms with van der Waals surface area (Å²) in [5.41, 5.74) is 1.49. The molecule has 5 nitrogen and oxygen atoms in total. The number of likely N-dealkylation sites (tertiary alicyclic amines) is 1. The van der Waals surface area contributed by atoms with Gasteiger partial charge >= 0.3 is 0 Å². The normalized spacial score (nSPS) is 17.1. The van der Waals surface area contributed by atoms with Crippen LogP contribution >= 0.6 is 0 Å². The van der Waals surface area contributed by atoms with Crippen molar-refractivity contribution in [1.82, 2.24) is 19.6 Å². The molecule has 1 amide bonds. The molecule has 118 valence electrons. The number of aromatic nitrogens is 2. The van der Waals surface area contributed by atoms with Crippen LogP contribution in [0.5, 0.6) is 0 Å². The number of carbonyl (C=O) groups is 1. The molecule has 6 heteroatoms. The average molecular weight is 296 g/mol. The smallest absolute Gasteiger partial charge is 0.274 e. The summed E-state index contributed by atoms with van der Waals surface area (Å²) >= 11 is 0. The van der Waals surface area contributed by atoms with Crippen molar-refractivity contribution in [1.29, 1.82) is 0 Å². The van der Waals surface area contributed by atoms with E-state index in [0.717, 1.165) is 38.2 Å². The van der Waals surface area contributed by atoms with Gasteiger partial charge in [-0.05, 0) is 32.3 Å². The summed E-state index contributed by atoms with van der Waals surface area (Å²) in [6.07, 6.45) is 2.49. The fourth-order valence-electron chi connectivity index (χ4n) is 2.83. The monoisotopic (exact) mass is 296 g/mol. The molecule has 0 N–H and O–H groups in total. The van der Waals surface area contributed by atoms with Gasteiger partial charge < -0.3 is 9.80 Å². The Kier molecular flexibility index (Phi) is 5.33. The minimum absolute atomic E-state index is 0.0130. The second-order valence-electron chi connectivity index (χ2n) is 5.83. The first-order valence-corrected chi connectivity index (χ1v) is 7.59. The molecule has 0 unspecified atom stereocenters. The first kappa shape index (κ1) is 15.9. The summed E-state index contributed by atoms with van der Waals surface area (Å²) in [4.78, 5) is 16.5. The van der Waals surface area contributed by atoms with Crippen LogP contribution in [-0.4, -0.2) is 64.9 Å². The van der Waals surface area contributed by atoms with E-state index in [1.165, 1.54) is 0 Å². The number of halogens is 1. The van der Waals surface area contributed by atoms with E-state index >= 15 is 0 Å². The Labute approximate surface area is 125 Å². The average Bonchev–Trinajstić information content (AvgIpc) is 2.83. The third kappa shape index (κ3) is 3.81. The van der Waals surface area contributed by atoms with E-state index in [1.807, 2.05) is 32.0 Å². The van der Waals surface area contributed by atoms with Gasteiger partial charge in [-0.15, -0.1) is 0 Å². The minimum atomic E-state index is -0.253. The fraction of sp³-hybridized carbons (Fsp3) is 0.733. The quantitative estimate of drug-likeness (QED) is 0.829. The van der Waals surface area contributed by atoms with Crippen LogP contribution in [0.3, 0.4) is 0 Å². The molecule has 0 aliphatic carbocycles. The van der Waals surface area contributed by atoms with Gasteiger partial charge in [-0.3, -0.25) is 13.9 Å². The van der Waals surface area contributed by atoms with Crippen LogP contribution in [0.4, 0.5) is 4.39 Å². The zero-order valence-electron chi connectivity index (χ0n) is 13.2. The van der Waals surface area contributed by atoms with Crippen molar-refractivity contribution in [3.05, 3.63) is 17.5 Å². The Morgan fingerprint density at radius 3 is 2.67 bits per heavy atom. The highest BCUT2D eigenvalue weighted by molar-refractivity contribution is 5.92. The van der Waals surface area contributed by atoms with Crippen LogP contribution in [-0.2, 0) is 7.05 Å². The van der Waals surface area contributed by atoms with Crippen LogP contribution in [0.15, 0.2) is 6.07 Å². The number of rotatable bonds is 5. The van der Waals surface area contributed by atoms with E-state index in [2.05, 4.69) is 10.00 Å². The number of hydrogen-bond acceptors (Lipinski definition) is 3. The third-order valence-corrected chi connectivity index (χ3v) is 4.37. The molecule has 1 aliphatic rings. The van der Waals surface area contributed by atoms with Crippen molar-refractivity contribution in [3.8, 4) is 0 Å². The third-order valence-electron chi connectivity index (χ3n) is 4.37. The molecule has 21 heavy (non-hydrogen) atoms. The molecule has 1 aromatic rings. The first-order chi connectivity index (χ1) is 10.0. The highest BCUT2D eigenvalue weighted by atomic mass is 19.1. The molecule has 0 atom stereocenters. The number of carbonyl (C=O) groups excluding carboxylic acids is 1. The van der Waals surface area contributed by atoms with E-state index < -0.39 is 0 Å². The molecule has 1 aromatic heterocycles. The summed E-state index contributed by atoms with van der Waals surface area (Å²) < 4.78 is 13.9. The molecule has 0 bridgehead atoms. The maximum absolute atomic E-state index is 12.4. The molecular formula is C15H25FN4O. The van der Waals surface area contributed by atoms with Gasteiger partial charge in [-0.25, -0.2) is 0 Å². The Bertz CT molecular complexity index is 461. The van der Waals surface area contributed by atoms with Gasteiger partial charge in [0.25, 0.3) is 5.91 Å². The molecule has 2 rings (SSSR count). The van der Waals surface area contributed by atoms with Crippen molar-refractivity contribution in [3.63, 3.8) is 0 Å². The molecule has 1 saturated heterocycles. The zero-order chi connectivity index (χ0) is 15.4. The lowest BCUT2D eigenvalue weighted by atomic mass is 10.0. The van der Waals surface area contributed by atoms with Gasteiger partial charge in [0.2, 0.25) is 0 Å². The van der Waals surface area contributed by atoms with Crippen molar-refractivity contribution in [2.75, 3.05) is 33.4 Å². The summed E-state index contributed by atoms with van der Waals surface area (Å²) in [6, 6.07) is 2.08. The summed E-state index contributed by atoms with van der Waals surface area (Å²) in [7, 11) is 3.70. The van der Waals surface area contributed by atoms with Crippen LogP contribution in [0.25, 0.3) is 0 Å². The number of nitrogens with zero attached hydrogens (tertiary/aromatic N) is 4. The van der Waals surface area contributed by atoms with Crippen molar-refractivity contribution >= 4 is 5.91 Å². The van der Waals surface area contributed by atoms with E-state index in [-0.39, 0.29) is 18.6 Å². The van der Waals surface area contributed by atoms with Crippen LogP contribution in [0.1, 0.15) is 35.4 Å². The number of aryl methyl sites for hydroxylation is 2. The fourth-order valence-corrected chi connectivity index (χ4v) is 2.83. The van der Waals surface area contributed by atoms with Gasteiger partial charge in [0, 0.05) is 45.5 Å². The molecule has 1 fully saturated rings. The maximum Gasteiger partial charge on any atom is 0.274 e. The molecular weight excluding hydrogens is 271 g/mol. The van der Waals surface area contributed by atoms with Crippen LogP contribution in [0, 0.1) is 6.92 Å². The number of piperidine rings is 1. The van der Waals surface area contributed by atoms with Gasteiger partial charge in [0.1, 0.15) is 0 Å². The largest absolute Gasteiger partial charge is 0.337 e. The van der Waals surface area contributed by atoms with Crippen LogP contribution in [0.2, 0.25) is 0 Å². The predicted octanol–water partition coefficient (Wildman–Crippen LogP) is 1.62. The van der Waals surface area contributed by atoms with Gasteiger partial charge in [0.15, 0.2) is 5.69 Å². The van der Waals surface area contributed by atoms with Crippen molar-refractivity contribution in [2.24, 2.45) is 7.05 Å². The van der Waals surface area contributed by atoms with E-state index in [1.54, 1.807) is 4.68 Å². The highest BCUT2D eigenvalue weighted by Gasteiger charge is 2.27. The second kappa shape index (κ2) is 7.02. The predicted molar refractivity (Wildman–Crippen MR) is 80.1 cm³/mol. The minimum Gasteiger partial charge on any atom is -0.337 e. The van der Waals surface area contributed by atoms with Gasteiger partial charge in [-0.2, -0.15) is 5.10 Å². The molecule has 0 aromatic carbocycles. The first-order valence-electron chi connectivity index (χ1n) is 7.59. The van der Waals surface area contributed by atoms with E-state index in [0.29, 0.717) is 12.1 Å². The zero-order valence-corrected chi connectivity index (χ0v) is 13.2. The standard InChI is InChI=1S/C15H25FN4O/c1-12-11-14(17-19(12)3)15(21)18(2)13-5-9-20(10-6-13)8-4-7-16/h11,13H,4-10H2,1-3H3. The molecule has 2 heterocycles. The SMILES string of the molecule is Cc1cc(C(=O)N(C)C2CCN(CCCF)CC2)nn1C. The summed E-state index contributed by atoms with van der Waals surface area (Å²) in [6.45, 7) is 4.37. The topological polar surface area (TPSA) is 41.4 Å². The lowest BCUT2D eigenvalue weighted by Crippen LogP contribution is -2.45. The summed E-state index contributed by atoms with van der Waals surface area (Å²) in [5.74, 6) is -0.0130. The highest BCUT2D eigenvalue weighted by Crippen LogP contribution is 2.17. The number of alkyl halides is 1. The van der Waals surface area contributed by atoms with Crippen molar-refractivity contribution < 1.29 is 9.18 Å². The molecule has 0 spiro atoms. The molecule has 0 saturated carbocycles. The Morgan fingerprint density at radius 2 is 2.14 bits per heavy atom. The van der Waals surface area contributed by atoms with E-state index in [4.69, 9.17) is 0 Å². The lowest BCUT2D eigenvalue weighted by molar-refractivity contribution is 0.0634. The van der Waals surface area contributed by atoms with Crippen LogP contribution < -0.4 is 0 Å². The summed E-state index contributed by atoms with van der Waals surface area (Å²) in [5, 5.41) is 4.25. The number of amides is 1. The van der Waals surface area contributed by atoms with Gasteiger partial charge in [-0.1, -0.05) is 0 Å². The second-order valence-corrected chi connectivity index (χ2v) is 5.83. The maximum atomic E-state index is 12.4. The Balaban J connectivity index is 1.89. The molecule has 1 aliphatic heterocycles. The Morgan fingerprint density at radius 1 is 1.48 bits per heavy atom. The lowest BCUT2D eigenvalue weighted by Gasteiger charge is -2.36. The van der Waals surface area contributed by atoms with Crippen molar-refractivity contribution in [2.45, 2.75) is 32.2 Å². The molecule has 0 radical (unpaired) electrons. The Hall–Kier alpha value is -1.43. The van der Waals surface area contributed by atoms with Gasteiger partial charge in [0.05, 0.1) is 6.67 Å². The number of hydrogen-bond donors (Lipinski definition) is 0. The van der Waals surface area contributed by atoms with E-state index in [9.17, 15) is 9.18 Å².